The molecule has 1 radical (unpaired) electrons. The molecule has 0 unspecified atom stereocenters. The van der Waals surface area contributed by atoms with Gasteiger partial charge in [-0.1, -0.05) is 0 Å². The van der Waals surface area contributed by atoms with Crippen LogP contribution in [0.15, 0.2) is 12.1 Å². The lowest BCUT2D eigenvalue weighted by Crippen LogP contribution is -1.80. The second kappa shape index (κ2) is 3.20. The van der Waals surface area contributed by atoms with Gasteiger partial charge in [0.05, 0.1) is 12.0 Å². The molecule has 0 spiro atoms. The van der Waals surface area contributed by atoms with Crippen molar-refractivity contribution < 1.29 is 4.74 Å². The van der Waals surface area contributed by atoms with Crippen LogP contribution in [0, 0.1) is 5.38 Å². The summed E-state index contributed by atoms with van der Waals surface area (Å²) < 4.78 is 9.06. The zero-order valence-electron chi connectivity index (χ0n) is 6.27. The summed E-state index contributed by atoms with van der Waals surface area (Å²) in [6, 6.07) is 3.79. The number of rotatable bonds is 2. The fourth-order valence-electron chi connectivity index (χ4n) is 0.754. The van der Waals surface area contributed by atoms with Crippen molar-refractivity contribution in [3.63, 3.8) is 0 Å². The van der Waals surface area contributed by atoms with Crippen molar-refractivity contribution in [2.24, 2.45) is 0 Å². The lowest BCUT2D eigenvalue weighted by atomic mass is 10.4. The fourth-order valence-corrected chi connectivity index (χ4v) is 1.90. The van der Waals surface area contributed by atoms with Crippen LogP contribution >= 0.6 is 22.9 Å². The molecule has 0 saturated carbocycles. The van der Waals surface area contributed by atoms with E-state index < -0.39 is 0 Å². The monoisotopic (exact) mass is 197 g/mol. The molecule has 0 N–H and O–H groups in total. The molecule has 5 heteroatoms. The normalized spacial score (nSPS) is 10.1. The summed E-state index contributed by atoms with van der Waals surface area (Å²) in [5.74, 6) is 0.725. The van der Waals surface area contributed by atoms with Gasteiger partial charge in [0.25, 0.3) is 5.19 Å². The molecule has 2 aromatic rings. The second-order valence-electron chi connectivity index (χ2n) is 2.01. The largest absolute Gasteiger partial charge is 0.472 e. The molecule has 0 bridgehead atoms. The summed E-state index contributed by atoms with van der Waals surface area (Å²) in [5.41, 5.74) is 0. The van der Waals surface area contributed by atoms with Gasteiger partial charge in [0.15, 0.2) is 5.82 Å². The number of hydrogen-bond donors (Lipinski definition) is 0. The van der Waals surface area contributed by atoms with Crippen molar-refractivity contribution >= 4 is 22.9 Å². The Balaban J connectivity index is 2.35. The highest BCUT2D eigenvalue weighted by molar-refractivity contribution is 7.13. The fraction of sp³-hybridized carbons (Fsp3) is 0.143. The quantitative estimate of drug-likeness (QED) is 0.739. The van der Waals surface area contributed by atoms with E-state index in [0.717, 1.165) is 10.7 Å². The Hall–Kier alpha value is -0.940. The van der Waals surface area contributed by atoms with Gasteiger partial charge in [-0.25, -0.2) is 0 Å². The van der Waals surface area contributed by atoms with Crippen LogP contribution in [0.5, 0.6) is 5.19 Å². The van der Waals surface area contributed by atoms with Crippen LogP contribution in [-0.4, -0.2) is 16.5 Å². The summed E-state index contributed by atoms with van der Waals surface area (Å²) in [6.45, 7) is 0. The van der Waals surface area contributed by atoms with E-state index in [1.165, 1.54) is 22.9 Å². The van der Waals surface area contributed by atoms with Gasteiger partial charge in [-0.15, -0.1) is 11.3 Å². The van der Waals surface area contributed by atoms with Crippen molar-refractivity contribution in [1.29, 1.82) is 0 Å². The highest BCUT2D eigenvalue weighted by atomic mass is 32.1. The zero-order chi connectivity index (χ0) is 8.39. The number of methoxy groups -OCH3 is 1. The maximum absolute atomic E-state index is 4.93. The van der Waals surface area contributed by atoms with Crippen molar-refractivity contribution in [1.82, 2.24) is 9.36 Å². The Kier molecular flexibility index (Phi) is 2.05. The maximum Gasteiger partial charge on any atom is 0.293 e. The molecular weight excluding hydrogens is 192 g/mol. The smallest absolute Gasteiger partial charge is 0.293 e. The maximum atomic E-state index is 4.93. The predicted molar refractivity (Wildman–Crippen MR) is 48.6 cm³/mol. The van der Waals surface area contributed by atoms with Gasteiger partial charge in [0.2, 0.25) is 0 Å². The molecule has 2 heterocycles. The first-order valence-corrected chi connectivity index (χ1v) is 4.83. The number of thiophene rings is 1. The number of aromatic nitrogens is 2. The van der Waals surface area contributed by atoms with Crippen LogP contribution in [0.2, 0.25) is 0 Å². The molecule has 0 atom stereocenters. The summed E-state index contributed by atoms with van der Waals surface area (Å²) in [6.07, 6.45) is 0. The Morgan fingerprint density at radius 1 is 1.58 bits per heavy atom. The van der Waals surface area contributed by atoms with Crippen molar-refractivity contribution in [2.45, 2.75) is 0 Å². The lowest BCUT2D eigenvalue weighted by Gasteiger charge is -1.86. The third-order valence-electron chi connectivity index (χ3n) is 1.27. The van der Waals surface area contributed by atoms with Crippen LogP contribution in [0.4, 0.5) is 0 Å². The van der Waals surface area contributed by atoms with Crippen LogP contribution < -0.4 is 4.74 Å². The molecule has 12 heavy (non-hydrogen) atoms. The van der Waals surface area contributed by atoms with Gasteiger partial charge in [0, 0.05) is 16.9 Å². The van der Waals surface area contributed by atoms with E-state index >= 15 is 0 Å². The molecule has 0 aromatic carbocycles. The molecule has 0 aliphatic rings. The van der Waals surface area contributed by atoms with E-state index in [-0.39, 0.29) is 0 Å². The van der Waals surface area contributed by atoms with Gasteiger partial charge in [-0.05, 0) is 12.1 Å². The standard InChI is InChI=1S/C7H5N2OS2/c1-10-7-8-6(9-12-7)5-3-2-4-11-5/h2-3H,1H3. The number of ether oxygens (including phenoxy) is 1. The second-order valence-corrected chi connectivity index (χ2v) is 3.60. The molecular formula is C7H5N2OS2. The van der Waals surface area contributed by atoms with Crippen LogP contribution in [0.3, 0.4) is 0 Å². The Morgan fingerprint density at radius 3 is 3.08 bits per heavy atom. The molecule has 0 aliphatic carbocycles. The Morgan fingerprint density at radius 2 is 2.50 bits per heavy atom. The zero-order valence-corrected chi connectivity index (χ0v) is 7.91. The van der Waals surface area contributed by atoms with E-state index in [4.69, 9.17) is 4.74 Å². The molecule has 0 aliphatic heterocycles. The number of nitrogens with zero attached hydrogens (tertiary/aromatic N) is 2. The van der Waals surface area contributed by atoms with Gasteiger partial charge in [0.1, 0.15) is 0 Å². The lowest BCUT2D eigenvalue weighted by molar-refractivity contribution is 0.412. The van der Waals surface area contributed by atoms with Gasteiger partial charge in [-0.2, -0.15) is 9.36 Å². The van der Waals surface area contributed by atoms with Crippen molar-refractivity contribution in [3.05, 3.63) is 17.5 Å². The molecule has 2 aromatic heterocycles. The average molecular weight is 197 g/mol. The summed E-state index contributed by atoms with van der Waals surface area (Å²) >= 11 is 2.76. The Bertz CT molecular complexity index is 355. The predicted octanol–water partition coefficient (Wildman–Crippen LogP) is 2.08. The first kappa shape index (κ1) is 7.70. The first-order chi connectivity index (χ1) is 5.90. The molecule has 3 nitrogen and oxygen atoms in total. The van der Waals surface area contributed by atoms with Crippen LogP contribution in [0.1, 0.15) is 0 Å². The molecule has 0 saturated heterocycles. The highest BCUT2D eigenvalue weighted by Gasteiger charge is 2.06. The van der Waals surface area contributed by atoms with Gasteiger partial charge in [-0.3, -0.25) is 0 Å². The minimum absolute atomic E-state index is 0.596. The molecule has 61 valence electrons. The molecule has 0 amide bonds. The van der Waals surface area contributed by atoms with E-state index in [0.29, 0.717) is 5.19 Å². The third kappa shape index (κ3) is 1.33. The van der Waals surface area contributed by atoms with E-state index in [1.54, 1.807) is 7.11 Å². The van der Waals surface area contributed by atoms with E-state index in [2.05, 4.69) is 14.7 Å². The van der Waals surface area contributed by atoms with Crippen molar-refractivity contribution in [3.8, 4) is 15.9 Å². The van der Waals surface area contributed by atoms with Crippen LogP contribution in [-0.2, 0) is 0 Å². The Labute approximate surface area is 77.8 Å². The summed E-state index contributed by atoms with van der Waals surface area (Å²) in [5, 5.41) is 3.58. The highest BCUT2D eigenvalue weighted by Crippen LogP contribution is 2.25. The van der Waals surface area contributed by atoms with E-state index in [1.807, 2.05) is 12.1 Å². The number of hydrogen-bond acceptors (Lipinski definition) is 5. The first-order valence-electron chi connectivity index (χ1n) is 3.24. The minimum Gasteiger partial charge on any atom is -0.472 e. The van der Waals surface area contributed by atoms with Gasteiger partial charge < -0.3 is 4.74 Å². The summed E-state index contributed by atoms with van der Waals surface area (Å²) in [4.78, 5) is 5.17. The minimum atomic E-state index is 0.596. The molecule has 2 rings (SSSR count). The average Bonchev–Trinajstić information content (AvgIpc) is 2.75. The molecule has 0 fully saturated rings. The van der Waals surface area contributed by atoms with Crippen molar-refractivity contribution in [2.75, 3.05) is 7.11 Å². The van der Waals surface area contributed by atoms with Gasteiger partial charge >= 0.3 is 0 Å². The summed E-state index contributed by atoms with van der Waals surface area (Å²) in [7, 11) is 1.59. The van der Waals surface area contributed by atoms with Crippen LogP contribution in [0.25, 0.3) is 10.7 Å². The third-order valence-corrected chi connectivity index (χ3v) is 2.74. The topological polar surface area (TPSA) is 35.0 Å². The van der Waals surface area contributed by atoms with E-state index in [9.17, 15) is 0 Å². The SMILES string of the molecule is COc1nc(-c2cc[c]s2)ns1.